The van der Waals surface area contributed by atoms with Crippen LogP contribution in [0.15, 0.2) is 29.0 Å². The normalized spacial score (nSPS) is 22.4. The fourth-order valence-corrected chi connectivity index (χ4v) is 2.66. The Morgan fingerprint density at radius 1 is 1.52 bits per heavy atom. The Morgan fingerprint density at radius 3 is 3.10 bits per heavy atom. The Kier molecular flexibility index (Phi) is 3.66. The SMILES string of the molecule is CC(=O)N[C@H]1C[C@@H](c2nc(-c3cccnc3)no2)N(C)C1. The highest BCUT2D eigenvalue weighted by molar-refractivity contribution is 5.73. The minimum atomic E-state index is -0.0179. The zero-order valence-electron chi connectivity index (χ0n) is 12.0. The number of nitrogens with one attached hydrogen (secondary N) is 1. The summed E-state index contributed by atoms with van der Waals surface area (Å²) in [7, 11) is 1.99. The van der Waals surface area contributed by atoms with Crippen molar-refractivity contribution in [2.45, 2.75) is 25.4 Å². The number of hydrogen-bond donors (Lipinski definition) is 1. The largest absolute Gasteiger partial charge is 0.352 e. The minimum Gasteiger partial charge on any atom is -0.352 e. The molecule has 2 aromatic rings. The minimum absolute atomic E-state index is 0.0179. The van der Waals surface area contributed by atoms with Gasteiger partial charge in [-0.25, -0.2) is 0 Å². The Morgan fingerprint density at radius 2 is 2.38 bits per heavy atom. The number of pyridine rings is 1. The lowest BCUT2D eigenvalue weighted by molar-refractivity contribution is -0.119. The van der Waals surface area contributed by atoms with Gasteiger partial charge >= 0.3 is 0 Å². The number of carbonyl (C=O) groups excluding carboxylic acids is 1. The van der Waals surface area contributed by atoms with Crippen molar-refractivity contribution in [2.24, 2.45) is 0 Å². The van der Waals surface area contributed by atoms with E-state index >= 15 is 0 Å². The van der Waals surface area contributed by atoms with Crippen LogP contribution in [-0.2, 0) is 4.79 Å². The number of likely N-dealkylation sites (tertiary alicyclic amines) is 1. The van der Waals surface area contributed by atoms with E-state index in [-0.39, 0.29) is 18.0 Å². The van der Waals surface area contributed by atoms with Crippen LogP contribution in [0.5, 0.6) is 0 Å². The summed E-state index contributed by atoms with van der Waals surface area (Å²) in [6.07, 6.45) is 4.17. The number of aromatic nitrogens is 3. The van der Waals surface area contributed by atoms with Crippen LogP contribution < -0.4 is 5.32 Å². The number of carbonyl (C=O) groups is 1. The van der Waals surface area contributed by atoms with Crippen molar-refractivity contribution in [1.29, 1.82) is 0 Å². The van der Waals surface area contributed by atoms with E-state index in [0.29, 0.717) is 11.7 Å². The summed E-state index contributed by atoms with van der Waals surface area (Å²) >= 11 is 0. The number of nitrogens with zero attached hydrogens (tertiary/aromatic N) is 4. The molecular weight excluding hydrogens is 270 g/mol. The van der Waals surface area contributed by atoms with E-state index in [2.05, 4.69) is 25.3 Å². The second kappa shape index (κ2) is 5.61. The van der Waals surface area contributed by atoms with Crippen molar-refractivity contribution >= 4 is 5.91 Å². The lowest BCUT2D eigenvalue weighted by Gasteiger charge is -2.13. The van der Waals surface area contributed by atoms with E-state index in [4.69, 9.17) is 4.52 Å². The van der Waals surface area contributed by atoms with Crippen molar-refractivity contribution in [1.82, 2.24) is 25.3 Å². The maximum Gasteiger partial charge on any atom is 0.244 e. The summed E-state index contributed by atoms with van der Waals surface area (Å²) < 4.78 is 5.38. The molecule has 0 bridgehead atoms. The molecule has 3 heterocycles. The first kappa shape index (κ1) is 13.7. The third kappa shape index (κ3) is 2.92. The molecule has 0 unspecified atom stereocenters. The molecule has 1 fully saturated rings. The van der Waals surface area contributed by atoms with Crippen molar-refractivity contribution in [3.05, 3.63) is 30.4 Å². The lowest BCUT2D eigenvalue weighted by Crippen LogP contribution is -2.34. The fourth-order valence-electron chi connectivity index (χ4n) is 2.66. The molecule has 1 aliphatic rings. The van der Waals surface area contributed by atoms with Gasteiger partial charge in [-0.15, -0.1) is 0 Å². The molecule has 2 atom stereocenters. The van der Waals surface area contributed by atoms with Gasteiger partial charge < -0.3 is 9.84 Å². The van der Waals surface area contributed by atoms with Crippen LogP contribution in [0.25, 0.3) is 11.4 Å². The fraction of sp³-hybridized carbons (Fsp3) is 0.429. The molecule has 1 saturated heterocycles. The molecule has 1 amide bonds. The highest BCUT2D eigenvalue weighted by Crippen LogP contribution is 2.30. The van der Waals surface area contributed by atoms with Crippen LogP contribution in [0.2, 0.25) is 0 Å². The topological polar surface area (TPSA) is 84.2 Å². The average molecular weight is 287 g/mol. The zero-order chi connectivity index (χ0) is 14.8. The predicted octanol–water partition coefficient (Wildman–Crippen LogP) is 1.01. The van der Waals surface area contributed by atoms with Crippen LogP contribution in [-0.4, -0.2) is 45.6 Å². The van der Waals surface area contributed by atoms with Gasteiger partial charge in [-0.1, -0.05) is 5.16 Å². The van der Waals surface area contributed by atoms with E-state index in [9.17, 15) is 4.79 Å². The van der Waals surface area contributed by atoms with Crippen LogP contribution in [0.4, 0.5) is 0 Å². The summed E-state index contributed by atoms with van der Waals surface area (Å²) in [4.78, 5) is 21.8. The second-order valence-corrected chi connectivity index (χ2v) is 5.29. The Labute approximate surface area is 122 Å². The quantitative estimate of drug-likeness (QED) is 0.907. The van der Waals surface area contributed by atoms with Crippen molar-refractivity contribution in [3.8, 4) is 11.4 Å². The molecule has 7 nitrogen and oxygen atoms in total. The number of rotatable bonds is 3. The Hall–Kier alpha value is -2.28. The molecule has 110 valence electrons. The summed E-state index contributed by atoms with van der Waals surface area (Å²) in [5, 5.41) is 6.94. The standard InChI is InChI=1S/C14H17N5O2/c1-9(20)16-11-6-12(19(2)8-11)14-17-13(18-21-14)10-4-3-5-15-7-10/h3-5,7,11-12H,6,8H2,1-2H3,(H,16,20)/t11-,12-/m0/s1. The van der Waals surface area contributed by atoms with E-state index in [1.165, 1.54) is 6.92 Å². The molecule has 0 spiro atoms. The van der Waals surface area contributed by atoms with E-state index < -0.39 is 0 Å². The Balaban J connectivity index is 1.76. The molecule has 0 radical (unpaired) electrons. The van der Waals surface area contributed by atoms with E-state index in [1.54, 1.807) is 12.4 Å². The summed E-state index contributed by atoms with van der Waals surface area (Å²) in [6, 6.07) is 3.87. The summed E-state index contributed by atoms with van der Waals surface area (Å²) in [5.41, 5.74) is 0.826. The van der Waals surface area contributed by atoms with Gasteiger partial charge in [0.25, 0.3) is 0 Å². The van der Waals surface area contributed by atoms with Gasteiger partial charge in [0.15, 0.2) is 0 Å². The molecule has 1 N–H and O–H groups in total. The van der Waals surface area contributed by atoms with Crippen molar-refractivity contribution in [2.75, 3.05) is 13.6 Å². The van der Waals surface area contributed by atoms with Crippen molar-refractivity contribution < 1.29 is 9.32 Å². The van der Waals surface area contributed by atoms with Gasteiger partial charge in [0, 0.05) is 37.5 Å². The molecule has 7 heteroatoms. The first-order chi connectivity index (χ1) is 10.1. The highest BCUT2D eigenvalue weighted by Gasteiger charge is 2.34. The second-order valence-electron chi connectivity index (χ2n) is 5.29. The van der Waals surface area contributed by atoms with Crippen LogP contribution in [0.3, 0.4) is 0 Å². The molecular formula is C14H17N5O2. The first-order valence-electron chi connectivity index (χ1n) is 6.85. The van der Waals surface area contributed by atoms with Gasteiger partial charge in [0.05, 0.1) is 6.04 Å². The number of likely N-dealkylation sites (N-methyl/N-ethyl adjacent to an activating group) is 1. The monoisotopic (exact) mass is 287 g/mol. The molecule has 21 heavy (non-hydrogen) atoms. The van der Waals surface area contributed by atoms with E-state index in [0.717, 1.165) is 18.5 Å². The van der Waals surface area contributed by atoms with Gasteiger partial charge in [0.2, 0.25) is 17.6 Å². The maximum absolute atomic E-state index is 11.2. The Bertz CT molecular complexity index is 627. The van der Waals surface area contributed by atoms with Gasteiger partial charge in [-0.2, -0.15) is 4.98 Å². The highest BCUT2D eigenvalue weighted by atomic mass is 16.5. The maximum atomic E-state index is 11.2. The van der Waals surface area contributed by atoms with Gasteiger partial charge in [0.1, 0.15) is 0 Å². The molecule has 1 aliphatic heterocycles. The molecule has 0 aliphatic carbocycles. The number of hydrogen-bond acceptors (Lipinski definition) is 6. The molecule has 3 rings (SSSR count). The average Bonchev–Trinajstić information content (AvgIpc) is 3.06. The smallest absolute Gasteiger partial charge is 0.244 e. The van der Waals surface area contributed by atoms with Gasteiger partial charge in [-0.3, -0.25) is 14.7 Å². The zero-order valence-corrected chi connectivity index (χ0v) is 12.0. The molecule has 0 saturated carbocycles. The third-order valence-corrected chi connectivity index (χ3v) is 3.60. The lowest BCUT2D eigenvalue weighted by atomic mass is 10.1. The summed E-state index contributed by atoms with van der Waals surface area (Å²) in [6.45, 7) is 2.30. The first-order valence-corrected chi connectivity index (χ1v) is 6.85. The molecule has 0 aromatic carbocycles. The van der Waals surface area contributed by atoms with E-state index in [1.807, 2.05) is 19.2 Å². The van der Waals surface area contributed by atoms with Gasteiger partial charge in [-0.05, 0) is 25.6 Å². The van der Waals surface area contributed by atoms with Crippen LogP contribution in [0.1, 0.15) is 25.3 Å². The number of amides is 1. The summed E-state index contributed by atoms with van der Waals surface area (Å²) in [5.74, 6) is 1.09. The van der Waals surface area contributed by atoms with Crippen molar-refractivity contribution in [3.63, 3.8) is 0 Å². The predicted molar refractivity (Wildman–Crippen MR) is 75.1 cm³/mol. The van der Waals surface area contributed by atoms with Crippen LogP contribution >= 0.6 is 0 Å². The van der Waals surface area contributed by atoms with Crippen LogP contribution in [0, 0.1) is 0 Å². The third-order valence-electron chi connectivity index (χ3n) is 3.60. The molecule has 2 aromatic heterocycles.